The van der Waals surface area contributed by atoms with Crippen LogP contribution in [0.5, 0.6) is 11.5 Å². The number of rotatable bonds is 8. The summed E-state index contributed by atoms with van der Waals surface area (Å²) in [5, 5.41) is 0.495. The predicted octanol–water partition coefficient (Wildman–Crippen LogP) is 3.96. The summed E-state index contributed by atoms with van der Waals surface area (Å²) in [5.41, 5.74) is 1.27. The van der Waals surface area contributed by atoms with Crippen molar-refractivity contribution in [1.82, 2.24) is 4.90 Å². The maximum absolute atomic E-state index is 12.8. The molecule has 0 amide bonds. The zero-order valence-electron chi connectivity index (χ0n) is 15.9. The molecule has 1 fully saturated rings. The SMILES string of the molecule is COc1ccccc1/C=C/C(=O)c1cc(Cl)ccc1OCCN1CCOCC1. The number of carbonyl (C=O) groups is 1. The number of morpholine rings is 1. The van der Waals surface area contributed by atoms with Crippen molar-refractivity contribution >= 4 is 23.5 Å². The fraction of sp³-hybridized carbons (Fsp3) is 0.318. The molecule has 5 nitrogen and oxygen atoms in total. The third-order valence-electron chi connectivity index (χ3n) is 4.53. The van der Waals surface area contributed by atoms with Crippen molar-refractivity contribution in [2.45, 2.75) is 0 Å². The van der Waals surface area contributed by atoms with Gasteiger partial charge in [-0.15, -0.1) is 0 Å². The van der Waals surface area contributed by atoms with Gasteiger partial charge in [0.05, 0.1) is 25.9 Å². The highest BCUT2D eigenvalue weighted by Crippen LogP contribution is 2.25. The third-order valence-corrected chi connectivity index (χ3v) is 4.76. The van der Waals surface area contributed by atoms with E-state index in [9.17, 15) is 4.79 Å². The molecule has 2 aromatic rings. The molecule has 0 N–H and O–H groups in total. The fourth-order valence-electron chi connectivity index (χ4n) is 2.99. The molecule has 28 heavy (non-hydrogen) atoms. The molecule has 0 radical (unpaired) electrons. The van der Waals surface area contributed by atoms with Crippen LogP contribution in [0, 0.1) is 0 Å². The van der Waals surface area contributed by atoms with Crippen LogP contribution in [0.25, 0.3) is 6.08 Å². The van der Waals surface area contributed by atoms with Gasteiger partial charge in [-0.3, -0.25) is 9.69 Å². The van der Waals surface area contributed by atoms with Crippen LogP contribution >= 0.6 is 11.6 Å². The summed E-state index contributed by atoms with van der Waals surface area (Å²) in [6, 6.07) is 12.6. The number of para-hydroxylation sites is 1. The molecular weight excluding hydrogens is 378 g/mol. The molecule has 3 rings (SSSR count). The van der Waals surface area contributed by atoms with Crippen LogP contribution in [-0.4, -0.2) is 57.2 Å². The topological polar surface area (TPSA) is 48.0 Å². The van der Waals surface area contributed by atoms with Gasteiger partial charge in [-0.2, -0.15) is 0 Å². The first-order valence-corrected chi connectivity index (χ1v) is 9.63. The van der Waals surface area contributed by atoms with Crippen molar-refractivity contribution in [3.05, 3.63) is 64.7 Å². The molecular formula is C22H24ClNO4. The van der Waals surface area contributed by atoms with Gasteiger partial charge in [0.25, 0.3) is 0 Å². The Morgan fingerprint density at radius 1 is 1.18 bits per heavy atom. The maximum atomic E-state index is 12.8. The first-order valence-electron chi connectivity index (χ1n) is 9.25. The fourth-order valence-corrected chi connectivity index (χ4v) is 3.16. The van der Waals surface area contributed by atoms with E-state index in [1.807, 2.05) is 24.3 Å². The van der Waals surface area contributed by atoms with Crippen molar-refractivity contribution in [1.29, 1.82) is 0 Å². The van der Waals surface area contributed by atoms with Crippen molar-refractivity contribution in [3.8, 4) is 11.5 Å². The van der Waals surface area contributed by atoms with E-state index in [-0.39, 0.29) is 5.78 Å². The average molecular weight is 402 g/mol. The number of hydrogen-bond donors (Lipinski definition) is 0. The van der Waals surface area contributed by atoms with E-state index >= 15 is 0 Å². The minimum atomic E-state index is -0.172. The Kier molecular flexibility index (Phi) is 7.48. The number of carbonyl (C=O) groups excluding carboxylic acids is 1. The van der Waals surface area contributed by atoms with Crippen molar-refractivity contribution < 1.29 is 19.0 Å². The number of halogens is 1. The molecule has 0 aliphatic carbocycles. The molecule has 1 aliphatic heterocycles. The lowest BCUT2D eigenvalue weighted by molar-refractivity contribution is 0.0322. The molecule has 1 saturated heterocycles. The van der Waals surface area contributed by atoms with Crippen LogP contribution < -0.4 is 9.47 Å². The van der Waals surface area contributed by atoms with E-state index in [0.29, 0.717) is 28.7 Å². The number of ether oxygens (including phenoxy) is 3. The number of allylic oxidation sites excluding steroid dienone is 1. The van der Waals surface area contributed by atoms with Gasteiger partial charge < -0.3 is 14.2 Å². The zero-order chi connectivity index (χ0) is 19.8. The molecule has 1 aliphatic rings. The van der Waals surface area contributed by atoms with E-state index < -0.39 is 0 Å². The minimum absolute atomic E-state index is 0.172. The molecule has 148 valence electrons. The molecule has 0 bridgehead atoms. The lowest BCUT2D eigenvalue weighted by atomic mass is 10.1. The third kappa shape index (κ3) is 5.58. The standard InChI is InChI=1S/C22H24ClNO4/c1-26-21-5-3-2-4-17(21)6-8-20(25)19-16-18(23)7-9-22(19)28-15-12-24-10-13-27-14-11-24/h2-9,16H,10-15H2,1H3/b8-6+. The first kappa shape index (κ1) is 20.4. The molecule has 0 spiro atoms. The van der Waals surface area contributed by atoms with Crippen molar-refractivity contribution in [2.75, 3.05) is 46.6 Å². The van der Waals surface area contributed by atoms with E-state index in [2.05, 4.69) is 4.90 Å². The Morgan fingerprint density at radius 2 is 1.96 bits per heavy atom. The van der Waals surface area contributed by atoms with Gasteiger partial charge in [-0.25, -0.2) is 0 Å². The lowest BCUT2D eigenvalue weighted by Gasteiger charge is -2.26. The molecule has 0 saturated carbocycles. The lowest BCUT2D eigenvalue weighted by Crippen LogP contribution is -2.38. The van der Waals surface area contributed by atoms with Gasteiger partial charge >= 0.3 is 0 Å². The second kappa shape index (κ2) is 10.3. The number of nitrogens with zero attached hydrogens (tertiary/aromatic N) is 1. The Morgan fingerprint density at radius 3 is 2.75 bits per heavy atom. The number of methoxy groups -OCH3 is 1. The highest BCUT2D eigenvalue weighted by Gasteiger charge is 2.14. The quantitative estimate of drug-likeness (QED) is 0.495. The second-order valence-electron chi connectivity index (χ2n) is 6.38. The largest absolute Gasteiger partial charge is 0.496 e. The Bertz CT molecular complexity index is 831. The summed E-state index contributed by atoms with van der Waals surface area (Å²) in [7, 11) is 1.60. The molecule has 0 aromatic heterocycles. The minimum Gasteiger partial charge on any atom is -0.496 e. The molecule has 0 unspecified atom stereocenters. The number of ketones is 1. The van der Waals surface area contributed by atoms with E-state index in [0.717, 1.165) is 38.4 Å². The van der Waals surface area contributed by atoms with Crippen LogP contribution in [0.1, 0.15) is 15.9 Å². The van der Waals surface area contributed by atoms with E-state index in [1.165, 1.54) is 6.08 Å². The molecule has 0 atom stereocenters. The average Bonchev–Trinajstić information content (AvgIpc) is 2.74. The van der Waals surface area contributed by atoms with Gasteiger partial charge in [0.2, 0.25) is 0 Å². The van der Waals surface area contributed by atoms with E-state index in [1.54, 1.807) is 31.4 Å². The van der Waals surface area contributed by atoms with Crippen LogP contribution in [0.3, 0.4) is 0 Å². The summed E-state index contributed by atoms with van der Waals surface area (Å²) in [5.74, 6) is 1.07. The highest BCUT2D eigenvalue weighted by atomic mass is 35.5. The van der Waals surface area contributed by atoms with Gasteiger partial charge in [-0.05, 0) is 36.4 Å². The summed E-state index contributed by atoms with van der Waals surface area (Å²) in [6.07, 6.45) is 3.25. The first-order chi connectivity index (χ1) is 13.7. The number of benzene rings is 2. The monoisotopic (exact) mass is 401 g/mol. The highest BCUT2D eigenvalue weighted by molar-refractivity contribution is 6.31. The zero-order valence-corrected chi connectivity index (χ0v) is 16.7. The van der Waals surface area contributed by atoms with Crippen LogP contribution in [0.4, 0.5) is 0 Å². The van der Waals surface area contributed by atoms with Crippen LogP contribution in [0.15, 0.2) is 48.5 Å². The van der Waals surface area contributed by atoms with Crippen molar-refractivity contribution in [2.24, 2.45) is 0 Å². The number of hydrogen-bond acceptors (Lipinski definition) is 5. The van der Waals surface area contributed by atoms with Gasteiger partial charge in [0, 0.05) is 30.2 Å². The normalized spacial score (nSPS) is 14.9. The molecule has 2 aromatic carbocycles. The summed E-state index contributed by atoms with van der Waals surface area (Å²) >= 11 is 6.11. The summed E-state index contributed by atoms with van der Waals surface area (Å²) in [6.45, 7) is 4.58. The smallest absolute Gasteiger partial charge is 0.189 e. The van der Waals surface area contributed by atoms with Crippen LogP contribution in [-0.2, 0) is 4.74 Å². The van der Waals surface area contributed by atoms with Crippen molar-refractivity contribution in [3.63, 3.8) is 0 Å². The Balaban J connectivity index is 1.68. The molecule has 1 heterocycles. The van der Waals surface area contributed by atoms with Gasteiger partial charge in [0.1, 0.15) is 18.1 Å². The predicted molar refractivity (Wildman–Crippen MR) is 111 cm³/mol. The van der Waals surface area contributed by atoms with Gasteiger partial charge in [-0.1, -0.05) is 29.8 Å². The summed E-state index contributed by atoms with van der Waals surface area (Å²) in [4.78, 5) is 15.0. The van der Waals surface area contributed by atoms with E-state index in [4.69, 9.17) is 25.8 Å². The Hall–Kier alpha value is -2.34. The van der Waals surface area contributed by atoms with Gasteiger partial charge in [0.15, 0.2) is 5.78 Å². The summed E-state index contributed by atoms with van der Waals surface area (Å²) < 4.78 is 16.6. The Labute approximate surface area is 170 Å². The maximum Gasteiger partial charge on any atom is 0.189 e. The second-order valence-corrected chi connectivity index (χ2v) is 6.82. The van der Waals surface area contributed by atoms with Crippen LogP contribution in [0.2, 0.25) is 5.02 Å². The molecule has 6 heteroatoms.